The first-order chi connectivity index (χ1) is 15.8. The van der Waals surface area contributed by atoms with Gasteiger partial charge in [0.15, 0.2) is 5.78 Å². The Morgan fingerprint density at radius 2 is 1.73 bits per heavy atom. The minimum atomic E-state index is -0.431. The predicted octanol–water partition coefficient (Wildman–Crippen LogP) is 6.20. The van der Waals surface area contributed by atoms with Gasteiger partial charge in [0.05, 0.1) is 11.8 Å². The zero-order valence-corrected chi connectivity index (χ0v) is 19.9. The van der Waals surface area contributed by atoms with E-state index < -0.39 is 6.09 Å². The number of anilines is 1. The summed E-state index contributed by atoms with van der Waals surface area (Å²) in [4.78, 5) is 36.0. The van der Waals surface area contributed by atoms with Crippen molar-refractivity contribution in [2.24, 2.45) is 0 Å². The predicted molar refractivity (Wildman–Crippen MR) is 131 cm³/mol. The second kappa shape index (κ2) is 10.9. The summed E-state index contributed by atoms with van der Waals surface area (Å²) >= 11 is 0. The van der Waals surface area contributed by atoms with Gasteiger partial charge in [0.2, 0.25) is 0 Å². The maximum absolute atomic E-state index is 13.3. The van der Waals surface area contributed by atoms with Gasteiger partial charge in [0.25, 0.3) is 0 Å². The number of hydrogen-bond donors (Lipinski definition) is 0. The highest BCUT2D eigenvalue weighted by Crippen LogP contribution is 2.30. The standard InChI is InChI=1S/C27H31N3O3/c1-6-30(27(32)33-18(2)3)24-15-22(21-9-7-19(4)8-10-21)14-23(16-24)26(31)13-20(5)25-17-28-11-12-29-25/h7-12,14-18,20H,6,13H2,1-5H3. The Balaban J connectivity index is 2.00. The molecule has 3 rings (SSSR count). The van der Waals surface area contributed by atoms with Crippen LogP contribution in [0.25, 0.3) is 11.1 Å². The smallest absolute Gasteiger partial charge is 0.414 e. The van der Waals surface area contributed by atoms with Crippen LogP contribution in [0.4, 0.5) is 10.5 Å². The molecule has 0 saturated carbocycles. The summed E-state index contributed by atoms with van der Waals surface area (Å²) < 4.78 is 5.43. The highest BCUT2D eigenvalue weighted by atomic mass is 16.6. The van der Waals surface area contributed by atoms with E-state index in [2.05, 4.69) is 9.97 Å². The van der Waals surface area contributed by atoms with Gasteiger partial charge < -0.3 is 4.74 Å². The number of benzene rings is 2. The highest BCUT2D eigenvalue weighted by Gasteiger charge is 2.21. The van der Waals surface area contributed by atoms with Crippen molar-refractivity contribution in [2.75, 3.05) is 11.4 Å². The van der Waals surface area contributed by atoms with Crippen molar-refractivity contribution in [3.63, 3.8) is 0 Å². The summed E-state index contributed by atoms with van der Waals surface area (Å²) in [6, 6.07) is 13.7. The Labute approximate surface area is 195 Å². The van der Waals surface area contributed by atoms with Crippen LogP contribution >= 0.6 is 0 Å². The zero-order chi connectivity index (χ0) is 24.0. The maximum Gasteiger partial charge on any atom is 0.414 e. The summed E-state index contributed by atoms with van der Waals surface area (Å²) in [7, 11) is 0. The van der Waals surface area contributed by atoms with E-state index in [1.807, 2.05) is 71.0 Å². The van der Waals surface area contributed by atoms with E-state index in [0.717, 1.165) is 22.4 Å². The number of ketones is 1. The third-order valence-corrected chi connectivity index (χ3v) is 5.39. The number of amides is 1. The lowest BCUT2D eigenvalue weighted by molar-refractivity contribution is 0.0974. The molecule has 0 aliphatic rings. The number of nitrogens with zero attached hydrogens (tertiary/aromatic N) is 3. The zero-order valence-electron chi connectivity index (χ0n) is 19.9. The third-order valence-electron chi connectivity index (χ3n) is 5.39. The van der Waals surface area contributed by atoms with Crippen LogP contribution < -0.4 is 4.90 Å². The van der Waals surface area contributed by atoms with Gasteiger partial charge in [0.1, 0.15) is 0 Å². The normalized spacial score (nSPS) is 11.8. The summed E-state index contributed by atoms with van der Waals surface area (Å²) in [5.41, 5.74) is 4.97. The van der Waals surface area contributed by atoms with Crippen molar-refractivity contribution in [1.29, 1.82) is 0 Å². The number of Topliss-reactive ketones (excluding diaryl/α,β-unsaturated/α-hetero) is 1. The lowest BCUT2D eigenvalue weighted by atomic mass is 9.94. The molecular weight excluding hydrogens is 414 g/mol. The van der Waals surface area contributed by atoms with Crippen LogP contribution in [0.2, 0.25) is 0 Å². The molecule has 0 radical (unpaired) electrons. The average Bonchev–Trinajstić information content (AvgIpc) is 2.80. The van der Waals surface area contributed by atoms with Crippen molar-refractivity contribution in [1.82, 2.24) is 9.97 Å². The van der Waals surface area contributed by atoms with Crippen LogP contribution in [0.1, 0.15) is 61.6 Å². The van der Waals surface area contributed by atoms with Crippen molar-refractivity contribution < 1.29 is 14.3 Å². The van der Waals surface area contributed by atoms with Crippen LogP contribution in [0.5, 0.6) is 0 Å². The van der Waals surface area contributed by atoms with Gasteiger partial charge in [-0.1, -0.05) is 36.8 Å². The second-order valence-corrected chi connectivity index (χ2v) is 8.47. The molecule has 0 spiro atoms. The summed E-state index contributed by atoms with van der Waals surface area (Å²) in [5, 5.41) is 0. The fraction of sp³-hybridized carbons (Fsp3) is 0.333. The molecule has 0 saturated heterocycles. The second-order valence-electron chi connectivity index (χ2n) is 8.47. The number of carbonyl (C=O) groups excluding carboxylic acids is 2. The topological polar surface area (TPSA) is 72.4 Å². The molecule has 6 heteroatoms. The summed E-state index contributed by atoms with van der Waals surface area (Å²) in [5.74, 6) is -0.0949. The van der Waals surface area contributed by atoms with Crippen LogP contribution in [-0.4, -0.2) is 34.5 Å². The van der Waals surface area contributed by atoms with E-state index in [4.69, 9.17) is 4.74 Å². The lowest BCUT2D eigenvalue weighted by Crippen LogP contribution is -2.33. The molecule has 33 heavy (non-hydrogen) atoms. The first-order valence-corrected chi connectivity index (χ1v) is 11.3. The third kappa shape index (κ3) is 6.25. The summed E-state index contributed by atoms with van der Waals surface area (Å²) in [6.07, 6.45) is 4.56. The highest BCUT2D eigenvalue weighted by molar-refractivity contribution is 6.00. The Morgan fingerprint density at radius 3 is 2.33 bits per heavy atom. The SMILES string of the molecule is CCN(C(=O)OC(C)C)c1cc(C(=O)CC(C)c2cnccn2)cc(-c2ccc(C)cc2)c1. The quantitative estimate of drug-likeness (QED) is 0.386. The van der Waals surface area contributed by atoms with Crippen LogP contribution in [-0.2, 0) is 4.74 Å². The number of ether oxygens (including phenoxy) is 1. The molecule has 1 heterocycles. The van der Waals surface area contributed by atoms with Crippen molar-refractivity contribution in [3.05, 3.63) is 77.9 Å². The number of rotatable bonds is 8. The molecule has 0 N–H and O–H groups in total. The molecule has 172 valence electrons. The molecule has 1 aromatic heterocycles. The molecule has 0 aliphatic carbocycles. The molecule has 6 nitrogen and oxygen atoms in total. The Bertz CT molecular complexity index is 1100. The van der Waals surface area contributed by atoms with Gasteiger partial charge in [0, 0.05) is 48.7 Å². The lowest BCUT2D eigenvalue weighted by Gasteiger charge is -2.23. The largest absolute Gasteiger partial charge is 0.446 e. The van der Waals surface area contributed by atoms with Gasteiger partial charge in [-0.05, 0) is 57.0 Å². The molecule has 2 aromatic carbocycles. The Morgan fingerprint density at radius 1 is 1.00 bits per heavy atom. The molecule has 0 aliphatic heterocycles. The van der Waals surface area contributed by atoms with Crippen LogP contribution in [0.3, 0.4) is 0 Å². The molecule has 0 fully saturated rings. The van der Waals surface area contributed by atoms with Gasteiger partial charge in [-0.15, -0.1) is 0 Å². The Kier molecular flexibility index (Phi) is 7.93. The van der Waals surface area contributed by atoms with Crippen molar-refractivity contribution >= 4 is 17.6 Å². The minimum absolute atomic E-state index is 0.0170. The molecule has 1 unspecified atom stereocenters. The summed E-state index contributed by atoms with van der Waals surface area (Å²) in [6.45, 7) is 9.94. The van der Waals surface area contributed by atoms with E-state index in [9.17, 15) is 9.59 Å². The van der Waals surface area contributed by atoms with E-state index in [1.54, 1.807) is 29.6 Å². The van der Waals surface area contributed by atoms with E-state index in [-0.39, 0.29) is 24.2 Å². The van der Waals surface area contributed by atoms with Crippen molar-refractivity contribution in [2.45, 2.75) is 53.1 Å². The molecule has 0 bridgehead atoms. The fourth-order valence-corrected chi connectivity index (χ4v) is 3.59. The maximum atomic E-state index is 13.3. The monoisotopic (exact) mass is 445 g/mol. The first-order valence-electron chi connectivity index (χ1n) is 11.3. The number of hydrogen-bond acceptors (Lipinski definition) is 5. The number of aromatic nitrogens is 2. The fourth-order valence-electron chi connectivity index (χ4n) is 3.59. The molecule has 3 aromatic rings. The molecular formula is C27H31N3O3. The van der Waals surface area contributed by atoms with E-state index >= 15 is 0 Å². The van der Waals surface area contributed by atoms with Crippen molar-refractivity contribution in [3.8, 4) is 11.1 Å². The molecule has 1 amide bonds. The Hall–Kier alpha value is -3.54. The van der Waals surface area contributed by atoms with Gasteiger partial charge >= 0.3 is 6.09 Å². The first kappa shape index (κ1) is 24.1. The van der Waals surface area contributed by atoms with Gasteiger partial charge in [-0.25, -0.2) is 4.79 Å². The van der Waals surface area contributed by atoms with E-state index in [1.165, 1.54) is 0 Å². The van der Waals surface area contributed by atoms with Gasteiger partial charge in [-0.2, -0.15) is 0 Å². The number of carbonyl (C=O) groups is 2. The van der Waals surface area contributed by atoms with Gasteiger partial charge in [-0.3, -0.25) is 19.7 Å². The number of aryl methyl sites for hydroxylation is 1. The van der Waals surface area contributed by atoms with Crippen LogP contribution in [0.15, 0.2) is 61.1 Å². The molecule has 1 atom stereocenters. The minimum Gasteiger partial charge on any atom is -0.446 e. The van der Waals surface area contributed by atoms with Crippen LogP contribution in [0, 0.1) is 6.92 Å². The average molecular weight is 446 g/mol. The van der Waals surface area contributed by atoms with E-state index in [0.29, 0.717) is 17.8 Å².